The molecule has 0 aromatic heterocycles. The minimum absolute atomic E-state index is 0.236. The topological polar surface area (TPSA) is 49.4 Å². The predicted octanol–water partition coefficient (Wildman–Crippen LogP) is 2.10. The Balaban J connectivity index is 1.80. The van der Waals surface area contributed by atoms with Crippen molar-refractivity contribution in [2.24, 2.45) is 0 Å². The van der Waals surface area contributed by atoms with Crippen LogP contribution in [-0.4, -0.2) is 51.8 Å². The van der Waals surface area contributed by atoms with Crippen LogP contribution in [0.3, 0.4) is 0 Å². The molecule has 2 rings (SSSR count). The molecule has 0 amide bonds. The number of hydrogen-bond donors (Lipinski definition) is 1. The van der Waals surface area contributed by atoms with E-state index in [0.717, 1.165) is 51.1 Å². The van der Waals surface area contributed by atoms with E-state index in [9.17, 15) is 8.42 Å². The second-order valence-electron chi connectivity index (χ2n) is 6.02. The molecule has 0 radical (unpaired) electrons. The predicted molar refractivity (Wildman–Crippen MR) is 91.0 cm³/mol. The first-order chi connectivity index (χ1) is 10.6. The first-order valence-corrected chi connectivity index (χ1v) is 10.0. The molecule has 1 heterocycles. The fourth-order valence-corrected chi connectivity index (χ4v) is 4.27. The first-order valence-electron chi connectivity index (χ1n) is 8.36. The molecule has 0 unspecified atom stereocenters. The molecule has 22 heavy (non-hydrogen) atoms. The molecule has 124 valence electrons. The molecule has 4 nitrogen and oxygen atoms in total. The summed E-state index contributed by atoms with van der Waals surface area (Å²) in [5.41, 5.74) is 1.14. The van der Waals surface area contributed by atoms with Crippen molar-refractivity contribution in [1.29, 1.82) is 0 Å². The number of sulfone groups is 1. The highest BCUT2D eigenvalue weighted by Crippen LogP contribution is 2.16. The third kappa shape index (κ3) is 5.38. The number of piperazine rings is 1. The number of benzene rings is 1. The normalized spacial score (nSPS) is 16.8. The zero-order valence-electron chi connectivity index (χ0n) is 13.6. The largest absolute Gasteiger partial charge is 0.314 e. The Labute approximate surface area is 134 Å². The van der Waals surface area contributed by atoms with Crippen LogP contribution in [0.15, 0.2) is 29.2 Å². The number of nitrogens with zero attached hydrogens (tertiary/aromatic N) is 1. The summed E-state index contributed by atoms with van der Waals surface area (Å²) in [6, 6.07) is 7.48. The fourth-order valence-electron chi connectivity index (χ4n) is 2.88. The Morgan fingerprint density at radius 1 is 1.18 bits per heavy atom. The zero-order chi connectivity index (χ0) is 15.8. The molecule has 1 fully saturated rings. The number of nitrogens with one attached hydrogen (secondary N) is 1. The van der Waals surface area contributed by atoms with E-state index in [0.29, 0.717) is 11.3 Å². The maximum Gasteiger partial charge on any atom is 0.178 e. The second kappa shape index (κ2) is 8.65. The Bertz CT molecular complexity index is 552. The SMILES string of the molecule is CCCS(=O)(=O)c1cccc(CCCCN2CCNCC2)c1. The van der Waals surface area contributed by atoms with Crippen molar-refractivity contribution in [1.82, 2.24) is 10.2 Å². The lowest BCUT2D eigenvalue weighted by Crippen LogP contribution is -2.43. The van der Waals surface area contributed by atoms with E-state index in [1.54, 1.807) is 6.07 Å². The van der Waals surface area contributed by atoms with Crippen LogP contribution in [-0.2, 0) is 16.3 Å². The second-order valence-corrected chi connectivity index (χ2v) is 8.12. The van der Waals surface area contributed by atoms with Crippen molar-refractivity contribution in [3.05, 3.63) is 29.8 Å². The van der Waals surface area contributed by atoms with Crippen LogP contribution in [0.5, 0.6) is 0 Å². The Morgan fingerprint density at radius 3 is 2.68 bits per heavy atom. The monoisotopic (exact) mass is 324 g/mol. The van der Waals surface area contributed by atoms with Crippen molar-refractivity contribution in [3.8, 4) is 0 Å². The van der Waals surface area contributed by atoms with Gasteiger partial charge in [0.1, 0.15) is 0 Å². The average molecular weight is 324 g/mol. The summed E-state index contributed by atoms with van der Waals surface area (Å²) >= 11 is 0. The van der Waals surface area contributed by atoms with Crippen molar-refractivity contribution in [2.75, 3.05) is 38.5 Å². The molecule has 0 aliphatic carbocycles. The highest BCUT2D eigenvalue weighted by Gasteiger charge is 2.13. The molecule has 0 saturated carbocycles. The smallest absolute Gasteiger partial charge is 0.178 e. The van der Waals surface area contributed by atoms with Crippen LogP contribution in [0.2, 0.25) is 0 Å². The van der Waals surface area contributed by atoms with Gasteiger partial charge >= 0.3 is 0 Å². The van der Waals surface area contributed by atoms with Gasteiger partial charge in [0.15, 0.2) is 9.84 Å². The molecule has 5 heteroatoms. The fraction of sp³-hybridized carbons (Fsp3) is 0.647. The van der Waals surface area contributed by atoms with E-state index in [2.05, 4.69) is 10.2 Å². The molecule has 1 saturated heterocycles. The van der Waals surface area contributed by atoms with E-state index in [1.807, 2.05) is 25.1 Å². The standard InChI is InChI=1S/C17H28N2O2S/c1-2-14-22(20,21)17-8-5-7-16(15-17)6-3-4-11-19-12-9-18-10-13-19/h5,7-8,15,18H,2-4,6,9-14H2,1H3. The summed E-state index contributed by atoms with van der Waals surface area (Å²) in [5, 5.41) is 3.36. The molecule has 0 atom stereocenters. The number of unbranched alkanes of at least 4 members (excludes halogenated alkanes) is 1. The first kappa shape index (κ1) is 17.4. The molecule has 1 aromatic carbocycles. The van der Waals surface area contributed by atoms with Crippen LogP contribution >= 0.6 is 0 Å². The minimum atomic E-state index is -3.10. The minimum Gasteiger partial charge on any atom is -0.314 e. The van der Waals surface area contributed by atoms with E-state index in [1.165, 1.54) is 6.42 Å². The molecular formula is C17H28N2O2S. The number of hydrogen-bond acceptors (Lipinski definition) is 4. The lowest BCUT2D eigenvalue weighted by Gasteiger charge is -2.27. The molecule has 1 aliphatic heterocycles. The molecule has 1 aromatic rings. The highest BCUT2D eigenvalue weighted by molar-refractivity contribution is 7.91. The van der Waals surface area contributed by atoms with E-state index >= 15 is 0 Å². The van der Waals surface area contributed by atoms with Gasteiger partial charge in [0.25, 0.3) is 0 Å². The molecule has 0 spiro atoms. The summed E-state index contributed by atoms with van der Waals surface area (Å²) in [5.74, 6) is 0.236. The summed E-state index contributed by atoms with van der Waals surface area (Å²) in [7, 11) is -3.10. The number of aryl methyl sites for hydroxylation is 1. The van der Waals surface area contributed by atoms with Gasteiger partial charge < -0.3 is 10.2 Å². The van der Waals surface area contributed by atoms with Gasteiger partial charge in [-0.15, -0.1) is 0 Å². The van der Waals surface area contributed by atoms with Crippen LogP contribution in [0.25, 0.3) is 0 Å². The van der Waals surface area contributed by atoms with E-state index in [-0.39, 0.29) is 5.75 Å². The Morgan fingerprint density at radius 2 is 1.95 bits per heavy atom. The van der Waals surface area contributed by atoms with E-state index in [4.69, 9.17) is 0 Å². The van der Waals surface area contributed by atoms with Gasteiger partial charge in [-0.3, -0.25) is 0 Å². The van der Waals surface area contributed by atoms with Gasteiger partial charge in [-0.05, 0) is 49.9 Å². The quantitative estimate of drug-likeness (QED) is 0.744. The van der Waals surface area contributed by atoms with Gasteiger partial charge in [0.05, 0.1) is 10.6 Å². The molecule has 1 aliphatic rings. The van der Waals surface area contributed by atoms with Gasteiger partial charge in [-0.1, -0.05) is 19.1 Å². The summed E-state index contributed by atoms with van der Waals surface area (Å²) < 4.78 is 24.2. The zero-order valence-corrected chi connectivity index (χ0v) is 14.4. The van der Waals surface area contributed by atoms with Gasteiger partial charge in [0.2, 0.25) is 0 Å². The average Bonchev–Trinajstić information content (AvgIpc) is 2.53. The molecule has 1 N–H and O–H groups in total. The summed E-state index contributed by atoms with van der Waals surface area (Å²) in [6.07, 6.45) is 3.91. The van der Waals surface area contributed by atoms with Gasteiger partial charge in [-0.25, -0.2) is 8.42 Å². The van der Waals surface area contributed by atoms with Crippen molar-refractivity contribution in [3.63, 3.8) is 0 Å². The van der Waals surface area contributed by atoms with Crippen LogP contribution in [0, 0.1) is 0 Å². The lowest BCUT2D eigenvalue weighted by atomic mass is 10.1. The summed E-state index contributed by atoms with van der Waals surface area (Å²) in [6.45, 7) is 7.52. The molecule has 0 bridgehead atoms. The highest BCUT2D eigenvalue weighted by atomic mass is 32.2. The number of rotatable bonds is 8. The van der Waals surface area contributed by atoms with Crippen molar-refractivity contribution < 1.29 is 8.42 Å². The lowest BCUT2D eigenvalue weighted by molar-refractivity contribution is 0.237. The molecular weight excluding hydrogens is 296 g/mol. The van der Waals surface area contributed by atoms with Crippen LogP contribution < -0.4 is 5.32 Å². The van der Waals surface area contributed by atoms with Crippen molar-refractivity contribution in [2.45, 2.75) is 37.5 Å². The van der Waals surface area contributed by atoms with Crippen molar-refractivity contribution >= 4 is 9.84 Å². The van der Waals surface area contributed by atoms with Gasteiger partial charge in [0, 0.05) is 26.2 Å². The maximum absolute atomic E-state index is 12.1. The Kier molecular flexibility index (Phi) is 6.86. The third-order valence-corrected chi connectivity index (χ3v) is 6.05. The summed E-state index contributed by atoms with van der Waals surface area (Å²) in [4.78, 5) is 2.98. The van der Waals surface area contributed by atoms with Crippen LogP contribution in [0.1, 0.15) is 31.7 Å². The third-order valence-electron chi connectivity index (χ3n) is 4.13. The van der Waals surface area contributed by atoms with E-state index < -0.39 is 9.84 Å². The van der Waals surface area contributed by atoms with Gasteiger partial charge in [-0.2, -0.15) is 0 Å². The van der Waals surface area contributed by atoms with Crippen LogP contribution in [0.4, 0.5) is 0 Å². The Hall–Kier alpha value is -0.910. The maximum atomic E-state index is 12.1.